The van der Waals surface area contributed by atoms with Crippen LogP contribution in [0.5, 0.6) is 0 Å². The monoisotopic (exact) mass is 298 g/mol. The Morgan fingerprint density at radius 1 is 1.10 bits per heavy atom. The third kappa shape index (κ3) is 5.98. The molecule has 0 aromatic carbocycles. The van der Waals surface area contributed by atoms with Crippen molar-refractivity contribution in [1.82, 2.24) is 0 Å². The molecule has 0 bridgehead atoms. The van der Waals surface area contributed by atoms with Gasteiger partial charge in [-0.3, -0.25) is 4.79 Å². The molecule has 1 saturated carbocycles. The van der Waals surface area contributed by atoms with E-state index < -0.39 is 5.97 Å². The summed E-state index contributed by atoms with van der Waals surface area (Å²) in [6, 6.07) is 0. The fourth-order valence-corrected chi connectivity index (χ4v) is 4.13. The van der Waals surface area contributed by atoms with Gasteiger partial charge >= 0.3 is 5.97 Å². The Labute approximate surface area is 130 Å². The highest BCUT2D eigenvalue weighted by molar-refractivity contribution is 5.67. The lowest BCUT2D eigenvalue weighted by Gasteiger charge is -2.39. The first-order valence-electron chi connectivity index (χ1n) is 8.86. The third-order valence-electron chi connectivity index (χ3n) is 5.67. The van der Waals surface area contributed by atoms with Gasteiger partial charge in [0.25, 0.3) is 0 Å². The Balaban J connectivity index is 2.76. The van der Waals surface area contributed by atoms with Crippen LogP contribution in [-0.2, 0) is 4.79 Å². The second kappa shape index (κ2) is 9.45. The van der Waals surface area contributed by atoms with Gasteiger partial charge in [-0.15, -0.1) is 0 Å². The number of aliphatic hydroxyl groups excluding tert-OH is 1. The van der Waals surface area contributed by atoms with Gasteiger partial charge in [-0.05, 0) is 55.3 Å². The second-order valence-corrected chi connectivity index (χ2v) is 7.07. The van der Waals surface area contributed by atoms with Crippen molar-refractivity contribution in [3.8, 4) is 0 Å². The Bertz CT molecular complexity index is 287. The standard InChI is InChI=1S/C18H34O3/c1-4-13-7-14(5-2)9-16(8-13)17(11-18(20)21)10-15(6-3)12-19/h13-17,19H,4-12H2,1-3H3,(H,20,21). The summed E-state index contributed by atoms with van der Waals surface area (Å²) in [7, 11) is 0. The van der Waals surface area contributed by atoms with Crippen LogP contribution in [-0.4, -0.2) is 22.8 Å². The van der Waals surface area contributed by atoms with Gasteiger partial charge in [-0.25, -0.2) is 0 Å². The van der Waals surface area contributed by atoms with Crippen LogP contribution < -0.4 is 0 Å². The Morgan fingerprint density at radius 2 is 1.67 bits per heavy atom. The molecule has 4 atom stereocenters. The number of aliphatic hydroxyl groups is 1. The van der Waals surface area contributed by atoms with Crippen LogP contribution in [0, 0.1) is 29.6 Å². The molecule has 0 saturated heterocycles. The fraction of sp³-hybridized carbons (Fsp3) is 0.944. The van der Waals surface area contributed by atoms with Crippen molar-refractivity contribution < 1.29 is 15.0 Å². The Hall–Kier alpha value is -0.570. The van der Waals surface area contributed by atoms with Crippen LogP contribution in [0.15, 0.2) is 0 Å². The zero-order valence-electron chi connectivity index (χ0n) is 14.1. The maximum Gasteiger partial charge on any atom is 0.303 e. The lowest BCUT2D eigenvalue weighted by Crippen LogP contribution is -2.30. The molecule has 0 spiro atoms. The maximum atomic E-state index is 11.3. The van der Waals surface area contributed by atoms with Gasteiger partial charge in [0.15, 0.2) is 0 Å². The summed E-state index contributed by atoms with van der Waals surface area (Å²) in [5, 5.41) is 18.7. The van der Waals surface area contributed by atoms with Gasteiger partial charge in [0, 0.05) is 13.0 Å². The quantitative estimate of drug-likeness (QED) is 0.666. The predicted molar refractivity (Wildman–Crippen MR) is 86.1 cm³/mol. The maximum absolute atomic E-state index is 11.3. The highest BCUT2D eigenvalue weighted by Gasteiger charge is 2.33. The summed E-state index contributed by atoms with van der Waals surface area (Å²) < 4.78 is 0. The fourth-order valence-electron chi connectivity index (χ4n) is 4.13. The zero-order chi connectivity index (χ0) is 15.8. The molecule has 0 heterocycles. The van der Waals surface area contributed by atoms with E-state index in [1.165, 1.54) is 32.1 Å². The van der Waals surface area contributed by atoms with Crippen molar-refractivity contribution in [3.63, 3.8) is 0 Å². The minimum absolute atomic E-state index is 0.188. The van der Waals surface area contributed by atoms with Crippen LogP contribution in [0.3, 0.4) is 0 Å². The third-order valence-corrected chi connectivity index (χ3v) is 5.67. The number of hydrogen-bond donors (Lipinski definition) is 2. The molecule has 0 amide bonds. The molecule has 3 heteroatoms. The molecule has 0 radical (unpaired) electrons. The topological polar surface area (TPSA) is 57.5 Å². The number of hydrogen-bond acceptors (Lipinski definition) is 2. The summed E-state index contributed by atoms with van der Waals surface area (Å²) >= 11 is 0. The number of carboxylic acids is 1. The summed E-state index contributed by atoms with van der Waals surface area (Å²) in [5.74, 6) is 1.88. The zero-order valence-corrected chi connectivity index (χ0v) is 14.1. The summed E-state index contributed by atoms with van der Waals surface area (Å²) in [5.41, 5.74) is 0. The van der Waals surface area contributed by atoms with Crippen molar-refractivity contribution in [1.29, 1.82) is 0 Å². The van der Waals surface area contributed by atoms with E-state index in [0.29, 0.717) is 5.92 Å². The van der Waals surface area contributed by atoms with Gasteiger partial charge in [0.05, 0.1) is 0 Å². The highest BCUT2D eigenvalue weighted by atomic mass is 16.4. The van der Waals surface area contributed by atoms with E-state index in [1.54, 1.807) is 0 Å². The smallest absolute Gasteiger partial charge is 0.303 e. The van der Waals surface area contributed by atoms with E-state index in [4.69, 9.17) is 0 Å². The van der Waals surface area contributed by atoms with E-state index in [2.05, 4.69) is 20.8 Å². The lowest BCUT2D eigenvalue weighted by atomic mass is 9.66. The molecule has 1 aliphatic carbocycles. The van der Waals surface area contributed by atoms with Gasteiger partial charge < -0.3 is 10.2 Å². The average Bonchev–Trinajstić information content (AvgIpc) is 2.50. The van der Waals surface area contributed by atoms with Crippen LogP contribution in [0.4, 0.5) is 0 Å². The Kier molecular flexibility index (Phi) is 8.31. The Morgan fingerprint density at radius 3 is 2.05 bits per heavy atom. The number of carbonyl (C=O) groups is 1. The first kappa shape index (κ1) is 18.5. The van der Waals surface area contributed by atoms with Crippen LogP contribution >= 0.6 is 0 Å². The molecule has 0 aromatic heterocycles. The molecular formula is C18H34O3. The van der Waals surface area contributed by atoms with E-state index in [1.807, 2.05) is 0 Å². The summed E-state index contributed by atoms with van der Waals surface area (Å²) in [4.78, 5) is 11.3. The minimum atomic E-state index is -0.681. The average molecular weight is 298 g/mol. The summed E-state index contributed by atoms with van der Waals surface area (Å²) in [6.45, 7) is 6.79. The SMILES string of the molecule is CCC(CO)CC(CC(=O)O)C1CC(CC)CC(CC)C1. The van der Waals surface area contributed by atoms with E-state index in [9.17, 15) is 15.0 Å². The first-order chi connectivity index (χ1) is 10.0. The lowest BCUT2D eigenvalue weighted by molar-refractivity contribution is -0.139. The van der Waals surface area contributed by atoms with Crippen molar-refractivity contribution in [2.45, 2.75) is 72.1 Å². The number of carboxylic acid groups (broad SMARTS) is 1. The van der Waals surface area contributed by atoms with E-state index in [0.717, 1.165) is 24.7 Å². The molecule has 4 unspecified atom stereocenters. The first-order valence-corrected chi connectivity index (χ1v) is 8.86. The molecule has 1 aliphatic rings. The predicted octanol–water partition coefficient (Wildman–Crippen LogP) is 4.34. The van der Waals surface area contributed by atoms with Gasteiger partial charge in [0.2, 0.25) is 0 Å². The molecule has 1 rings (SSSR count). The van der Waals surface area contributed by atoms with Gasteiger partial charge in [-0.2, -0.15) is 0 Å². The van der Waals surface area contributed by atoms with Crippen molar-refractivity contribution in [2.24, 2.45) is 29.6 Å². The van der Waals surface area contributed by atoms with Gasteiger partial charge in [-0.1, -0.05) is 40.0 Å². The van der Waals surface area contributed by atoms with Crippen molar-refractivity contribution in [2.75, 3.05) is 6.61 Å². The van der Waals surface area contributed by atoms with Crippen molar-refractivity contribution in [3.05, 3.63) is 0 Å². The normalized spacial score (nSPS) is 29.0. The molecule has 1 fully saturated rings. The van der Waals surface area contributed by atoms with Crippen molar-refractivity contribution >= 4 is 5.97 Å². The molecule has 124 valence electrons. The van der Waals surface area contributed by atoms with E-state index >= 15 is 0 Å². The molecule has 21 heavy (non-hydrogen) atoms. The van der Waals surface area contributed by atoms with Crippen LogP contribution in [0.25, 0.3) is 0 Å². The van der Waals surface area contributed by atoms with E-state index in [-0.39, 0.29) is 24.9 Å². The highest BCUT2D eigenvalue weighted by Crippen LogP contribution is 2.42. The molecule has 0 aliphatic heterocycles. The number of rotatable bonds is 9. The molecular weight excluding hydrogens is 264 g/mol. The molecule has 3 nitrogen and oxygen atoms in total. The van der Waals surface area contributed by atoms with Crippen LogP contribution in [0.2, 0.25) is 0 Å². The second-order valence-electron chi connectivity index (χ2n) is 7.07. The van der Waals surface area contributed by atoms with Crippen LogP contribution in [0.1, 0.15) is 72.1 Å². The minimum Gasteiger partial charge on any atom is -0.481 e. The van der Waals surface area contributed by atoms with Gasteiger partial charge in [0.1, 0.15) is 0 Å². The summed E-state index contributed by atoms with van der Waals surface area (Å²) in [6.07, 6.45) is 8.20. The molecule has 0 aromatic rings. The largest absolute Gasteiger partial charge is 0.481 e. The molecule has 2 N–H and O–H groups in total. The number of aliphatic carboxylic acids is 1.